The molecule has 0 spiro atoms. The Bertz CT molecular complexity index is 878. The number of halogens is 3. The Morgan fingerprint density at radius 3 is 2.38 bits per heavy atom. The lowest BCUT2D eigenvalue weighted by Gasteiger charge is -2.27. The van der Waals surface area contributed by atoms with Gasteiger partial charge in [-0.1, -0.05) is 71.2 Å². The van der Waals surface area contributed by atoms with Crippen LogP contribution in [-0.2, 0) is 11.3 Å². The van der Waals surface area contributed by atoms with E-state index in [0.717, 1.165) is 5.56 Å². The first-order valence-electron chi connectivity index (χ1n) is 8.10. The maximum atomic E-state index is 12.1. The largest absolute Gasteiger partial charge is 0.478 e. The normalized spacial score (nSPS) is 11.8. The van der Waals surface area contributed by atoms with Gasteiger partial charge in [-0.05, 0) is 36.0 Å². The molecule has 0 aliphatic rings. The van der Waals surface area contributed by atoms with Crippen LogP contribution < -0.4 is 16.0 Å². The minimum atomic E-state index is -1.96. The number of ether oxygens (including phenoxy) is 1. The zero-order valence-corrected chi connectivity index (χ0v) is 17.8. The molecule has 0 bridgehead atoms. The lowest BCUT2D eigenvalue weighted by atomic mass is 10.2. The molecule has 7 nitrogen and oxygen atoms in total. The summed E-state index contributed by atoms with van der Waals surface area (Å²) < 4.78 is 3.14. The van der Waals surface area contributed by atoms with Crippen molar-refractivity contribution in [2.24, 2.45) is 0 Å². The van der Waals surface area contributed by atoms with Gasteiger partial charge in [-0.25, -0.2) is 9.59 Å². The molecule has 0 saturated heterocycles. The first-order valence-corrected chi connectivity index (χ1v) is 9.64. The fourth-order valence-corrected chi connectivity index (χ4v) is 2.67. The number of rotatable bonds is 6. The molecule has 154 valence electrons. The topological polar surface area (TPSA) is 99.7 Å². The molecule has 1 atom stereocenters. The van der Waals surface area contributed by atoms with Crippen molar-refractivity contribution in [3.05, 3.63) is 65.7 Å². The number of nitrogens with one attached hydrogen (secondary N) is 3. The van der Waals surface area contributed by atoms with Gasteiger partial charge in [0, 0.05) is 5.69 Å². The summed E-state index contributed by atoms with van der Waals surface area (Å²) in [6.07, 6.45) is -2.05. The molecule has 0 aliphatic heterocycles. The Morgan fingerprint density at radius 2 is 1.76 bits per heavy atom. The highest BCUT2D eigenvalue weighted by atomic mass is 35.6. The molecule has 4 N–H and O–H groups in total. The summed E-state index contributed by atoms with van der Waals surface area (Å²) in [4.78, 5) is 23.1. The highest BCUT2D eigenvalue weighted by Gasteiger charge is 2.35. The molecular formula is C18H16Cl3N3O4S. The van der Waals surface area contributed by atoms with E-state index in [4.69, 9.17) is 56.9 Å². The molecule has 0 aliphatic carbocycles. The van der Waals surface area contributed by atoms with E-state index in [0.29, 0.717) is 5.69 Å². The minimum Gasteiger partial charge on any atom is -0.478 e. The number of carbonyl (C=O) groups excluding carboxylic acids is 1. The maximum Gasteiger partial charge on any atom is 0.409 e. The van der Waals surface area contributed by atoms with Gasteiger partial charge in [-0.2, -0.15) is 0 Å². The zero-order valence-electron chi connectivity index (χ0n) is 14.7. The van der Waals surface area contributed by atoms with Gasteiger partial charge < -0.3 is 20.5 Å². The number of carboxylic acid groups (broad SMARTS) is 1. The second kappa shape index (κ2) is 10.5. The van der Waals surface area contributed by atoms with Gasteiger partial charge in [0.15, 0.2) is 11.3 Å². The molecule has 0 unspecified atom stereocenters. The van der Waals surface area contributed by atoms with E-state index < -0.39 is 22.0 Å². The summed E-state index contributed by atoms with van der Waals surface area (Å²) in [6.45, 7) is 0.0317. The minimum absolute atomic E-state index is 0.00720. The molecule has 11 heteroatoms. The molecule has 1 amide bonds. The standard InChI is InChI=1S/C18H16Cl3N3O4S/c19-18(20,21)15(24-17(27)28-10-11-5-2-1-3-6-11)23-16(29)22-13-8-4-7-12(9-13)14(25)26/h1-9,15H,10H2,(H,24,27)(H,25,26)(H2,22,23,29)/t15-/m1/s1. The summed E-state index contributed by atoms with van der Waals surface area (Å²) in [6, 6.07) is 15.0. The predicted octanol–water partition coefficient (Wildman–Crippen LogP) is 4.29. The second-order valence-electron chi connectivity index (χ2n) is 5.67. The van der Waals surface area contributed by atoms with Crippen molar-refractivity contribution in [3.63, 3.8) is 0 Å². The summed E-state index contributed by atoms with van der Waals surface area (Å²) in [5, 5.41) is 16.8. The van der Waals surface area contributed by atoms with Crippen molar-refractivity contribution < 1.29 is 19.4 Å². The number of aromatic carboxylic acids is 1. The third-order valence-corrected chi connectivity index (χ3v) is 4.32. The van der Waals surface area contributed by atoms with Gasteiger partial charge in [0.05, 0.1) is 5.56 Å². The van der Waals surface area contributed by atoms with E-state index in [1.54, 1.807) is 24.3 Å². The number of benzene rings is 2. The van der Waals surface area contributed by atoms with E-state index in [2.05, 4.69) is 16.0 Å². The fraction of sp³-hybridized carbons (Fsp3) is 0.167. The molecule has 0 fully saturated rings. The first-order chi connectivity index (χ1) is 13.6. The lowest BCUT2D eigenvalue weighted by molar-refractivity contribution is 0.0697. The molecule has 29 heavy (non-hydrogen) atoms. The van der Waals surface area contributed by atoms with Crippen molar-refractivity contribution in [1.29, 1.82) is 0 Å². The van der Waals surface area contributed by atoms with E-state index >= 15 is 0 Å². The van der Waals surface area contributed by atoms with Crippen LogP contribution in [0.1, 0.15) is 15.9 Å². The number of carboxylic acids is 1. The van der Waals surface area contributed by atoms with Crippen LogP contribution in [-0.4, -0.2) is 32.2 Å². The molecule has 0 heterocycles. The van der Waals surface area contributed by atoms with E-state index in [9.17, 15) is 9.59 Å². The second-order valence-corrected chi connectivity index (χ2v) is 8.44. The van der Waals surface area contributed by atoms with Gasteiger partial charge >= 0.3 is 12.1 Å². The summed E-state index contributed by atoms with van der Waals surface area (Å²) in [5.74, 6) is -1.09. The van der Waals surface area contributed by atoms with Gasteiger partial charge in [0.2, 0.25) is 3.79 Å². The Kier molecular flexibility index (Phi) is 8.33. The van der Waals surface area contributed by atoms with Gasteiger partial charge in [-0.3, -0.25) is 5.32 Å². The zero-order chi connectivity index (χ0) is 21.4. The number of alkyl halides is 3. The molecule has 2 aromatic carbocycles. The van der Waals surface area contributed by atoms with Crippen molar-refractivity contribution in [2.75, 3.05) is 5.32 Å². The van der Waals surface area contributed by atoms with Crippen molar-refractivity contribution in [1.82, 2.24) is 10.6 Å². The molecular weight excluding hydrogens is 461 g/mol. The smallest absolute Gasteiger partial charge is 0.409 e. The molecule has 0 radical (unpaired) electrons. The molecule has 2 rings (SSSR count). The Labute approximate surface area is 187 Å². The molecule has 2 aromatic rings. The van der Waals surface area contributed by atoms with Crippen LogP contribution in [0.25, 0.3) is 0 Å². The molecule has 0 aromatic heterocycles. The van der Waals surface area contributed by atoms with Crippen LogP contribution in [0.5, 0.6) is 0 Å². The average molecular weight is 477 g/mol. The summed E-state index contributed by atoms with van der Waals surface area (Å²) in [5.41, 5.74) is 1.26. The number of alkyl carbamates (subject to hydrolysis) is 1. The van der Waals surface area contributed by atoms with E-state index in [1.165, 1.54) is 12.1 Å². The van der Waals surface area contributed by atoms with Crippen LogP contribution in [0.2, 0.25) is 0 Å². The highest BCUT2D eigenvalue weighted by molar-refractivity contribution is 7.80. The molecule has 0 saturated carbocycles. The third kappa shape index (κ3) is 7.94. The van der Waals surface area contributed by atoms with E-state index in [-0.39, 0.29) is 17.3 Å². The van der Waals surface area contributed by atoms with Gasteiger partial charge in [0.25, 0.3) is 0 Å². The monoisotopic (exact) mass is 475 g/mol. The van der Waals surface area contributed by atoms with Crippen LogP contribution in [0.3, 0.4) is 0 Å². The van der Waals surface area contributed by atoms with Crippen LogP contribution in [0.4, 0.5) is 10.5 Å². The summed E-state index contributed by atoms with van der Waals surface area (Å²) in [7, 11) is 0. The van der Waals surface area contributed by atoms with Crippen LogP contribution in [0.15, 0.2) is 54.6 Å². The Hall–Kier alpha value is -2.26. The van der Waals surface area contributed by atoms with Crippen molar-refractivity contribution in [3.8, 4) is 0 Å². The maximum absolute atomic E-state index is 12.1. The SMILES string of the molecule is O=C(N[C@@H](NC(=S)Nc1cccc(C(=O)O)c1)C(Cl)(Cl)Cl)OCc1ccccc1. The lowest BCUT2D eigenvalue weighted by Crippen LogP contribution is -2.56. The number of anilines is 1. The third-order valence-electron chi connectivity index (χ3n) is 3.45. The van der Waals surface area contributed by atoms with Crippen molar-refractivity contribution >= 4 is 69.9 Å². The number of thiocarbonyl (C=S) groups is 1. The quantitative estimate of drug-likeness (QED) is 0.280. The number of hydrogen-bond donors (Lipinski definition) is 4. The number of hydrogen-bond acceptors (Lipinski definition) is 4. The Balaban J connectivity index is 1.95. The van der Waals surface area contributed by atoms with Crippen LogP contribution >= 0.6 is 47.0 Å². The predicted molar refractivity (Wildman–Crippen MR) is 117 cm³/mol. The number of carbonyl (C=O) groups is 2. The highest BCUT2D eigenvalue weighted by Crippen LogP contribution is 2.29. The number of amides is 1. The average Bonchev–Trinajstić information content (AvgIpc) is 2.66. The van der Waals surface area contributed by atoms with Gasteiger partial charge in [-0.15, -0.1) is 0 Å². The summed E-state index contributed by atoms with van der Waals surface area (Å²) >= 11 is 22.9. The van der Waals surface area contributed by atoms with Crippen molar-refractivity contribution in [2.45, 2.75) is 16.6 Å². The fourth-order valence-electron chi connectivity index (χ4n) is 2.11. The van der Waals surface area contributed by atoms with E-state index in [1.807, 2.05) is 18.2 Å². The Morgan fingerprint density at radius 1 is 1.07 bits per heavy atom. The van der Waals surface area contributed by atoms with Gasteiger partial charge in [0.1, 0.15) is 6.61 Å². The first kappa shape index (κ1) is 23.0. The van der Waals surface area contributed by atoms with Crippen LogP contribution in [0, 0.1) is 0 Å².